The summed E-state index contributed by atoms with van der Waals surface area (Å²) >= 11 is 0. The van der Waals surface area contributed by atoms with Crippen molar-refractivity contribution >= 4 is 5.91 Å². The molecule has 112 valence electrons. The molecule has 0 aliphatic rings. The minimum Gasteiger partial charge on any atom is -0.267 e. The Labute approximate surface area is 127 Å². The molecule has 22 heavy (non-hydrogen) atoms. The Balaban J connectivity index is 1.97. The van der Waals surface area contributed by atoms with Gasteiger partial charge in [0.15, 0.2) is 5.82 Å². The lowest BCUT2D eigenvalue weighted by Crippen LogP contribution is -2.26. The van der Waals surface area contributed by atoms with E-state index in [2.05, 4.69) is 20.7 Å². The second kappa shape index (κ2) is 5.44. The Hall–Kier alpha value is -2.96. The zero-order chi connectivity index (χ0) is 15.7. The summed E-state index contributed by atoms with van der Waals surface area (Å²) in [4.78, 5) is 12.3. The SMILES string of the molecule is Cc1cc(C)n(-c2nnc(C)n2NC(=O)c2ccccc2)n1. The Morgan fingerprint density at radius 2 is 1.82 bits per heavy atom. The van der Waals surface area contributed by atoms with Gasteiger partial charge in [-0.2, -0.15) is 5.10 Å². The maximum atomic E-state index is 12.3. The Morgan fingerprint density at radius 3 is 2.45 bits per heavy atom. The second-order valence-electron chi connectivity index (χ2n) is 5.03. The fourth-order valence-corrected chi connectivity index (χ4v) is 2.21. The summed E-state index contributed by atoms with van der Waals surface area (Å²) in [6.07, 6.45) is 0. The van der Waals surface area contributed by atoms with Gasteiger partial charge < -0.3 is 0 Å². The number of carbonyl (C=O) groups excluding carboxylic acids is 1. The van der Waals surface area contributed by atoms with Crippen molar-refractivity contribution < 1.29 is 4.79 Å². The predicted molar refractivity (Wildman–Crippen MR) is 81.5 cm³/mol. The van der Waals surface area contributed by atoms with Crippen molar-refractivity contribution in [2.75, 3.05) is 5.43 Å². The number of nitrogens with one attached hydrogen (secondary N) is 1. The summed E-state index contributed by atoms with van der Waals surface area (Å²) < 4.78 is 3.19. The molecule has 3 aromatic rings. The number of aromatic nitrogens is 5. The number of aryl methyl sites for hydroxylation is 3. The van der Waals surface area contributed by atoms with E-state index in [1.54, 1.807) is 23.7 Å². The van der Waals surface area contributed by atoms with Gasteiger partial charge in [0.2, 0.25) is 0 Å². The number of nitrogens with zero attached hydrogens (tertiary/aromatic N) is 5. The third-order valence-corrected chi connectivity index (χ3v) is 3.26. The van der Waals surface area contributed by atoms with Gasteiger partial charge in [-0.25, -0.2) is 9.36 Å². The van der Waals surface area contributed by atoms with Crippen molar-refractivity contribution in [3.8, 4) is 5.95 Å². The average Bonchev–Trinajstić information content (AvgIpc) is 3.03. The first-order valence-electron chi connectivity index (χ1n) is 6.88. The van der Waals surface area contributed by atoms with E-state index < -0.39 is 0 Å². The smallest absolute Gasteiger partial charge is 0.267 e. The number of hydrogen-bond acceptors (Lipinski definition) is 4. The summed E-state index contributed by atoms with van der Waals surface area (Å²) in [6, 6.07) is 10.9. The fourth-order valence-electron chi connectivity index (χ4n) is 2.21. The van der Waals surface area contributed by atoms with Crippen LogP contribution in [0.4, 0.5) is 0 Å². The van der Waals surface area contributed by atoms with Crippen molar-refractivity contribution in [2.24, 2.45) is 0 Å². The van der Waals surface area contributed by atoms with Gasteiger partial charge in [-0.05, 0) is 39.0 Å². The molecule has 7 heteroatoms. The number of benzene rings is 1. The van der Waals surface area contributed by atoms with Gasteiger partial charge >= 0.3 is 0 Å². The summed E-state index contributed by atoms with van der Waals surface area (Å²) in [5.41, 5.74) is 5.16. The first-order valence-corrected chi connectivity index (χ1v) is 6.88. The van der Waals surface area contributed by atoms with Crippen LogP contribution < -0.4 is 5.43 Å². The second-order valence-corrected chi connectivity index (χ2v) is 5.03. The first kappa shape index (κ1) is 14.0. The minimum atomic E-state index is -0.230. The van der Waals surface area contributed by atoms with Crippen LogP contribution in [-0.2, 0) is 0 Å². The van der Waals surface area contributed by atoms with Crippen LogP contribution in [-0.4, -0.2) is 30.6 Å². The summed E-state index contributed by atoms with van der Waals surface area (Å²) in [5.74, 6) is 0.797. The lowest BCUT2D eigenvalue weighted by atomic mass is 10.2. The molecule has 0 atom stereocenters. The minimum absolute atomic E-state index is 0.230. The van der Waals surface area contributed by atoms with Crippen molar-refractivity contribution in [3.63, 3.8) is 0 Å². The largest absolute Gasteiger partial charge is 0.271 e. The number of hydrogen-bond donors (Lipinski definition) is 1. The molecule has 0 fully saturated rings. The molecule has 0 unspecified atom stereocenters. The summed E-state index contributed by atoms with van der Waals surface area (Å²) in [5, 5.41) is 12.5. The highest BCUT2D eigenvalue weighted by Gasteiger charge is 2.16. The van der Waals surface area contributed by atoms with Crippen molar-refractivity contribution in [3.05, 3.63) is 59.2 Å². The monoisotopic (exact) mass is 296 g/mol. The lowest BCUT2D eigenvalue weighted by molar-refractivity contribution is 0.101. The highest BCUT2D eigenvalue weighted by molar-refractivity contribution is 6.00. The Bertz CT molecular complexity index is 818. The molecule has 1 amide bonds. The Kier molecular flexibility index (Phi) is 3.46. The van der Waals surface area contributed by atoms with E-state index in [-0.39, 0.29) is 5.91 Å². The van der Waals surface area contributed by atoms with E-state index in [1.165, 1.54) is 4.68 Å². The van der Waals surface area contributed by atoms with E-state index in [4.69, 9.17) is 0 Å². The standard InChI is InChI=1S/C15H16N6O/c1-10-9-11(2)20(18-10)15-17-16-12(3)21(15)19-14(22)13-7-5-4-6-8-13/h4-9H,1-3H3,(H,19,22). The molecule has 1 N–H and O–H groups in total. The molecule has 2 aromatic heterocycles. The molecule has 0 spiro atoms. The van der Waals surface area contributed by atoms with Crippen LogP contribution in [0.2, 0.25) is 0 Å². The molecule has 3 rings (SSSR count). The predicted octanol–water partition coefficient (Wildman–Crippen LogP) is 1.77. The molecule has 0 aliphatic heterocycles. The van der Waals surface area contributed by atoms with E-state index in [9.17, 15) is 4.79 Å². The number of rotatable bonds is 3. The zero-order valence-electron chi connectivity index (χ0n) is 12.6. The van der Waals surface area contributed by atoms with Crippen molar-refractivity contribution in [2.45, 2.75) is 20.8 Å². The van der Waals surface area contributed by atoms with Gasteiger partial charge in [-0.15, -0.1) is 10.2 Å². The number of amides is 1. The third-order valence-electron chi connectivity index (χ3n) is 3.26. The van der Waals surface area contributed by atoms with E-state index in [0.29, 0.717) is 17.3 Å². The number of carbonyl (C=O) groups is 1. The fraction of sp³-hybridized carbons (Fsp3) is 0.200. The van der Waals surface area contributed by atoms with Gasteiger partial charge in [-0.1, -0.05) is 18.2 Å². The first-order chi connectivity index (χ1) is 10.6. The molecule has 0 aliphatic carbocycles. The van der Waals surface area contributed by atoms with Gasteiger partial charge in [-0.3, -0.25) is 10.2 Å². The molecule has 0 radical (unpaired) electrons. The zero-order valence-corrected chi connectivity index (χ0v) is 12.6. The highest BCUT2D eigenvalue weighted by atomic mass is 16.2. The van der Waals surface area contributed by atoms with Crippen LogP contribution in [0.5, 0.6) is 0 Å². The summed E-state index contributed by atoms with van der Waals surface area (Å²) in [6.45, 7) is 5.60. The summed E-state index contributed by atoms with van der Waals surface area (Å²) in [7, 11) is 0. The van der Waals surface area contributed by atoms with Crippen LogP contribution in [0.15, 0.2) is 36.4 Å². The van der Waals surface area contributed by atoms with Crippen LogP contribution >= 0.6 is 0 Å². The van der Waals surface area contributed by atoms with Crippen molar-refractivity contribution in [1.82, 2.24) is 24.7 Å². The van der Waals surface area contributed by atoms with Gasteiger partial charge in [0.1, 0.15) is 0 Å². The van der Waals surface area contributed by atoms with Crippen LogP contribution in [0.3, 0.4) is 0 Å². The van der Waals surface area contributed by atoms with Gasteiger partial charge in [0, 0.05) is 11.3 Å². The molecule has 0 bridgehead atoms. The van der Waals surface area contributed by atoms with E-state index in [0.717, 1.165) is 11.4 Å². The van der Waals surface area contributed by atoms with Crippen LogP contribution in [0.25, 0.3) is 5.95 Å². The van der Waals surface area contributed by atoms with Gasteiger partial charge in [0.05, 0.1) is 5.69 Å². The van der Waals surface area contributed by atoms with Crippen LogP contribution in [0.1, 0.15) is 27.6 Å². The third kappa shape index (κ3) is 2.48. The van der Waals surface area contributed by atoms with Crippen molar-refractivity contribution in [1.29, 1.82) is 0 Å². The molecule has 2 heterocycles. The maximum Gasteiger partial charge on any atom is 0.271 e. The van der Waals surface area contributed by atoms with Crippen LogP contribution in [0, 0.1) is 20.8 Å². The topological polar surface area (TPSA) is 77.6 Å². The molecule has 0 saturated carbocycles. The average molecular weight is 296 g/mol. The molecule has 7 nitrogen and oxygen atoms in total. The molecule has 0 saturated heterocycles. The highest BCUT2D eigenvalue weighted by Crippen LogP contribution is 2.11. The quantitative estimate of drug-likeness (QED) is 0.799. The molecular weight excluding hydrogens is 280 g/mol. The lowest BCUT2D eigenvalue weighted by Gasteiger charge is -2.11. The maximum absolute atomic E-state index is 12.3. The van der Waals surface area contributed by atoms with E-state index in [1.807, 2.05) is 38.1 Å². The normalized spacial score (nSPS) is 10.7. The van der Waals surface area contributed by atoms with Gasteiger partial charge in [0.25, 0.3) is 11.9 Å². The Morgan fingerprint density at radius 1 is 1.09 bits per heavy atom. The molecule has 1 aromatic carbocycles. The molecular formula is C15H16N6O. The van der Waals surface area contributed by atoms with E-state index >= 15 is 0 Å².